The molecule has 5 heteroatoms. The molecule has 0 spiro atoms. The zero-order valence-electron chi connectivity index (χ0n) is 13.9. The first kappa shape index (κ1) is 16.5. The number of amides is 1. The number of hydrogen-bond acceptors (Lipinski definition) is 3. The number of nitrogens with zero attached hydrogens (tertiary/aromatic N) is 2. The second kappa shape index (κ2) is 7.97. The quantitative estimate of drug-likeness (QED) is 0.556. The van der Waals surface area contributed by atoms with E-state index in [2.05, 4.69) is 10.5 Å². The van der Waals surface area contributed by atoms with Crippen LogP contribution in [0.15, 0.2) is 78.2 Å². The fourth-order valence-corrected chi connectivity index (χ4v) is 2.44. The highest BCUT2D eigenvalue weighted by atomic mass is 16.5. The fourth-order valence-electron chi connectivity index (χ4n) is 2.44. The first-order valence-electron chi connectivity index (χ1n) is 7.93. The van der Waals surface area contributed by atoms with Crippen molar-refractivity contribution in [2.24, 2.45) is 5.10 Å². The average Bonchev–Trinajstić information content (AvgIpc) is 3.11. The van der Waals surface area contributed by atoms with E-state index >= 15 is 0 Å². The van der Waals surface area contributed by atoms with Crippen LogP contribution in [-0.2, 0) is 11.2 Å². The lowest BCUT2D eigenvalue weighted by atomic mass is 10.1. The SMILES string of the molecule is COc1cccc(CC(=O)N/N=C/c2ccn(-c3ccccc3)c2)c1. The van der Waals surface area contributed by atoms with Gasteiger partial charge in [0.1, 0.15) is 5.75 Å². The van der Waals surface area contributed by atoms with Gasteiger partial charge in [-0.3, -0.25) is 4.79 Å². The molecular weight excluding hydrogens is 314 g/mol. The third kappa shape index (κ3) is 4.57. The Morgan fingerprint density at radius 3 is 2.80 bits per heavy atom. The van der Waals surface area contributed by atoms with Gasteiger partial charge in [0.25, 0.3) is 0 Å². The highest BCUT2D eigenvalue weighted by molar-refractivity contribution is 5.83. The summed E-state index contributed by atoms with van der Waals surface area (Å²) in [6.07, 6.45) is 5.78. The highest BCUT2D eigenvalue weighted by Crippen LogP contribution is 2.13. The average molecular weight is 333 g/mol. The summed E-state index contributed by atoms with van der Waals surface area (Å²) in [4.78, 5) is 12.0. The van der Waals surface area contributed by atoms with Gasteiger partial charge >= 0.3 is 0 Å². The molecule has 3 aromatic rings. The predicted octanol–water partition coefficient (Wildman–Crippen LogP) is 3.18. The normalized spacial score (nSPS) is 10.8. The monoisotopic (exact) mass is 333 g/mol. The number of carbonyl (C=O) groups excluding carboxylic acids is 1. The number of rotatable bonds is 6. The number of benzene rings is 2. The molecule has 5 nitrogen and oxygen atoms in total. The van der Waals surface area contributed by atoms with Gasteiger partial charge in [0.05, 0.1) is 19.7 Å². The molecule has 1 aromatic heterocycles. The van der Waals surface area contributed by atoms with E-state index in [1.54, 1.807) is 13.3 Å². The van der Waals surface area contributed by atoms with E-state index in [0.29, 0.717) is 0 Å². The summed E-state index contributed by atoms with van der Waals surface area (Å²) in [5, 5.41) is 4.02. The Kier molecular flexibility index (Phi) is 5.26. The first-order chi connectivity index (χ1) is 12.2. The minimum Gasteiger partial charge on any atom is -0.497 e. The summed E-state index contributed by atoms with van der Waals surface area (Å²) in [5.41, 5.74) is 5.40. The minimum atomic E-state index is -0.174. The standard InChI is InChI=1S/C20H19N3O2/c1-25-19-9-5-6-16(12-19)13-20(24)22-21-14-17-10-11-23(15-17)18-7-3-2-4-8-18/h2-12,14-15H,13H2,1H3,(H,22,24)/b21-14+. The van der Waals surface area contributed by atoms with Crippen LogP contribution in [0.5, 0.6) is 5.75 Å². The van der Waals surface area contributed by atoms with E-state index in [-0.39, 0.29) is 12.3 Å². The zero-order chi connectivity index (χ0) is 17.5. The lowest BCUT2D eigenvalue weighted by Crippen LogP contribution is -2.19. The van der Waals surface area contributed by atoms with E-state index in [4.69, 9.17) is 4.74 Å². The van der Waals surface area contributed by atoms with Crippen LogP contribution in [0.2, 0.25) is 0 Å². The molecule has 0 aliphatic heterocycles. The van der Waals surface area contributed by atoms with Gasteiger partial charge in [-0.05, 0) is 35.9 Å². The highest BCUT2D eigenvalue weighted by Gasteiger charge is 2.03. The molecule has 0 aliphatic rings. The van der Waals surface area contributed by atoms with Crippen LogP contribution in [0.3, 0.4) is 0 Å². The molecule has 0 aliphatic carbocycles. The molecule has 0 fully saturated rings. The molecule has 2 aromatic carbocycles. The van der Waals surface area contributed by atoms with Gasteiger partial charge in [-0.2, -0.15) is 5.10 Å². The molecule has 1 amide bonds. The van der Waals surface area contributed by atoms with Crippen molar-refractivity contribution in [2.45, 2.75) is 6.42 Å². The molecule has 0 saturated carbocycles. The smallest absolute Gasteiger partial charge is 0.244 e. The third-order valence-electron chi connectivity index (χ3n) is 3.67. The third-order valence-corrected chi connectivity index (χ3v) is 3.67. The van der Waals surface area contributed by atoms with Crippen LogP contribution in [0.4, 0.5) is 0 Å². The fraction of sp³-hybridized carbons (Fsp3) is 0.100. The molecular formula is C20H19N3O2. The van der Waals surface area contributed by atoms with Crippen molar-refractivity contribution in [1.82, 2.24) is 9.99 Å². The summed E-state index contributed by atoms with van der Waals surface area (Å²) in [5.74, 6) is 0.558. The molecule has 1 N–H and O–H groups in total. The topological polar surface area (TPSA) is 55.6 Å². The summed E-state index contributed by atoms with van der Waals surface area (Å²) in [7, 11) is 1.60. The van der Waals surface area contributed by atoms with Gasteiger partial charge in [-0.25, -0.2) is 5.43 Å². The second-order valence-corrected chi connectivity index (χ2v) is 5.51. The number of para-hydroxylation sites is 1. The first-order valence-corrected chi connectivity index (χ1v) is 7.93. The van der Waals surface area contributed by atoms with E-state index < -0.39 is 0 Å². The van der Waals surface area contributed by atoms with Gasteiger partial charge < -0.3 is 9.30 Å². The van der Waals surface area contributed by atoms with Gasteiger partial charge in [-0.1, -0.05) is 30.3 Å². The van der Waals surface area contributed by atoms with Gasteiger partial charge in [0.15, 0.2) is 0 Å². The molecule has 3 rings (SSSR count). The van der Waals surface area contributed by atoms with Crippen molar-refractivity contribution in [3.8, 4) is 11.4 Å². The maximum atomic E-state index is 12.0. The molecule has 25 heavy (non-hydrogen) atoms. The number of hydrazone groups is 1. The molecule has 0 radical (unpaired) electrons. The number of carbonyl (C=O) groups is 1. The summed E-state index contributed by atoms with van der Waals surface area (Å²) < 4.78 is 7.15. The van der Waals surface area contributed by atoms with Crippen LogP contribution in [0.1, 0.15) is 11.1 Å². The summed E-state index contributed by atoms with van der Waals surface area (Å²) >= 11 is 0. The van der Waals surface area contributed by atoms with Crippen molar-refractivity contribution in [3.63, 3.8) is 0 Å². The zero-order valence-corrected chi connectivity index (χ0v) is 13.9. The van der Waals surface area contributed by atoms with Crippen LogP contribution in [0, 0.1) is 0 Å². The number of nitrogens with one attached hydrogen (secondary N) is 1. The maximum Gasteiger partial charge on any atom is 0.244 e. The Hall–Kier alpha value is -3.34. The predicted molar refractivity (Wildman–Crippen MR) is 98.2 cm³/mol. The minimum absolute atomic E-state index is 0.174. The Morgan fingerprint density at radius 2 is 2.00 bits per heavy atom. The van der Waals surface area contributed by atoms with Crippen molar-refractivity contribution in [3.05, 3.63) is 84.2 Å². The summed E-state index contributed by atoms with van der Waals surface area (Å²) in [6, 6.07) is 19.4. The number of methoxy groups -OCH3 is 1. The molecule has 0 bridgehead atoms. The van der Waals surface area contributed by atoms with Gasteiger partial charge in [0, 0.05) is 23.6 Å². The maximum absolute atomic E-state index is 12.0. The van der Waals surface area contributed by atoms with E-state index in [1.165, 1.54) is 0 Å². The van der Waals surface area contributed by atoms with Crippen LogP contribution in [-0.4, -0.2) is 23.8 Å². The molecule has 0 atom stereocenters. The Labute approximate surface area is 146 Å². The lowest BCUT2D eigenvalue weighted by molar-refractivity contribution is -0.120. The number of ether oxygens (including phenoxy) is 1. The van der Waals surface area contributed by atoms with Crippen LogP contribution < -0.4 is 10.2 Å². The van der Waals surface area contributed by atoms with Crippen molar-refractivity contribution in [1.29, 1.82) is 0 Å². The Bertz CT molecular complexity index is 869. The number of hydrogen-bond donors (Lipinski definition) is 1. The van der Waals surface area contributed by atoms with E-state index in [1.807, 2.05) is 77.6 Å². The van der Waals surface area contributed by atoms with Gasteiger partial charge in [-0.15, -0.1) is 0 Å². The largest absolute Gasteiger partial charge is 0.497 e. The molecule has 0 unspecified atom stereocenters. The Morgan fingerprint density at radius 1 is 1.16 bits per heavy atom. The van der Waals surface area contributed by atoms with Gasteiger partial charge in [0.2, 0.25) is 5.91 Å². The van der Waals surface area contributed by atoms with Crippen LogP contribution >= 0.6 is 0 Å². The number of aromatic nitrogens is 1. The van der Waals surface area contributed by atoms with Crippen molar-refractivity contribution < 1.29 is 9.53 Å². The Balaban J connectivity index is 1.56. The summed E-state index contributed by atoms with van der Waals surface area (Å²) in [6.45, 7) is 0. The molecule has 126 valence electrons. The molecule has 1 heterocycles. The van der Waals surface area contributed by atoms with Crippen molar-refractivity contribution in [2.75, 3.05) is 7.11 Å². The second-order valence-electron chi connectivity index (χ2n) is 5.51. The van der Waals surface area contributed by atoms with Crippen molar-refractivity contribution >= 4 is 12.1 Å². The van der Waals surface area contributed by atoms with E-state index in [0.717, 1.165) is 22.6 Å². The molecule has 0 saturated heterocycles. The van der Waals surface area contributed by atoms with Crippen LogP contribution in [0.25, 0.3) is 5.69 Å². The lowest BCUT2D eigenvalue weighted by Gasteiger charge is -2.03. The van der Waals surface area contributed by atoms with E-state index in [9.17, 15) is 4.79 Å².